The van der Waals surface area contributed by atoms with Gasteiger partial charge in [-0.1, -0.05) is 60.7 Å². The third-order valence-electron chi connectivity index (χ3n) is 9.18. The molecule has 4 fully saturated rings. The first-order chi connectivity index (χ1) is 23.9. The molecule has 0 aliphatic carbocycles. The van der Waals surface area contributed by atoms with E-state index in [0.29, 0.717) is 6.54 Å². The SMILES string of the molecule is COC1(OC)CO[C@H]2[C@@H]1N(C(=O)OCc1ccccc1)C[C@@H]2Cl.COC1(OC)CO[C@H]2[C@@H]1N(C(=O)OCc1ccccc1)C[C@H]2OS(C)(=O)=O. The summed E-state index contributed by atoms with van der Waals surface area (Å²) in [6, 6.07) is 17.6. The van der Waals surface area contributed by atoms with Crippen LogP contribution in [0.25, 0.3) is 0 Å². The number of hydrogen-bond acceptors (Lipinski definition) is 13. The summed E-state index contributed by atoms with van der Waals surface area (Å²) < 4.78 is 72.5. The van der Waals surface area contributed by atoms with Crippen LogP contribution in [-0.2, 0) is 65.4 Å². The normalized spacial score (nSPS) is 27.6. The van der Waals surface area contributed by atoms with Crippen molar-refractivity contribution in [1.29, 1.82) is 0 Å². The summed E-state index contributed by atoms with van der Waals surface area (Å²) in [5, 5.41) is -0.323. The zero-order valence-corrected chi connectivity index (χ0v) is 30.0. The molecular formula is C33H43ClN2O13S. The molecule has 2 amide bonds. The number of rotatable bonds is 10. The Morgan fingerprint density at radius 2 is 1.16 bits per heavy atom. The van der Waals surface area contributed by atoms with Crippen LogP contribution in [0, 0.1) is 0 Å². The Morgan fingerprint density at radius 3 is 1.60 bits per heavy atom. The van der Waals surface area contributed by atoms with Crippen molar-refractivity contribution in [2.45, 2.75) is 60.6 Å². The van der Waals surface area contributed by atoms with Gasteiger partial charge in [0, 0.05) is 35.0 Å². The van der Waals surface area contributed by atoms with E-state index in [2.05, 4.69) is 0 Å². The van der Waals surface area contributed by atoms with E-state index in [0.717, 1.165) is 17.4 Å². The molecule has 2 aromatic carbocycles. The molecule has 6 atom stereocenters. The molecule has 17 heteroatoms. The molecule has 0 spiro atoms. The van der Waals surface area contributed by atoms with Crippen molar-refractivity contribution >= 4 is 33.9 Å². The van der Waals surface area contributed by atoms with Gasteiger partial charge in [-0.2, -0.15) is 8.42 Å². The van der Waals surface area contributed by atoms with Crippen LogP contribution >= 0.6 is 11.6 Å². The van der Waals surface area contributed by atoms with Gasteiger partial charge in [0.25, 0.3) is 10.1 Å². The Kier molecular flexibility index (Phi) is 12.3. The molecule has 0 unspecified atom stereocenters. The highest BCUT2D eigenvalue weighted by molar-refractivity contribution is 7.86. The molecule has 0 saturated carbocycles. The number of alkyl halides is 1. The van der Waals surface area contributed by atoms with Gasteiger partial charge in [-0.15, -0.1) is 11.6 Å². The van der Waals surface area contributed by atoms with Crippen LogP contribution in [0.4, 0.5) is 9.59 Å². The molecule has 2 aromatic rings. The van der Waals surface area contributed by atoms with Crippen molar-refractivity contribution in [1.82, 2.24) is 9.80 Å². The predicted molar refractivity (Wildman–Crippen MR) is 177 cm³/mol. The van der Waals surface area contributed by atoms with E-state index in [9.17, 15) is 18.0 Å². The van der Waals surface area contributed by atoms with Crippen molar-refractivity contribution < 1.29 is 60.1 Å². The van der Waals surface area contributed by atoms with Gasteiger partial charge in [0.05, 0.1) is 18.2 Å². The Balaban J connectivity index is 0.000000197. The number of carbonyl (C=O) groups excluding carboxylic acids is 2. The van der Waals surface area contributed by atoms with Gasteiger partial charge in [-0.25, -0.2) is 9.59 Å². The zero-order valence-electron chi connectivity index (χ0n) is 28.5. The summed E-state index contributed by atoms with van der Waals surface area (Å²) in [5.41, 5.74) is 1.75. The van der Waals surface area contributed by atoms with Crippen molar-refractivity contribution in [3.05, 3.63) is 71.8 Å². The monoisotopic (exact) mass is 742 g/mol. The average Bonchev–Trinajstić information content (AvgIpc) is 3.88. The largest absolute Gasteiger partial charge is 0.445 e. The maximum absolute atomic E-state index is 12.7. The molecule has 4 aliphatic rings. The highest BCUT2D eigenvalue weighted by Crippen LogP contribution is 2.42. The lowest BCUT2D eigenvalue weighted by molar-refractivity contribution is -0.224. The van der Waals surface area contributed by atoms with Crippen molar-refractivity contribution in [2.75, 3.05) is 61.0 Å². The van der Waals surface area contributed by atoms with Gasteiger partial charge in [0.15, 0.2) is 0 Å². The average molecular weight is 743 g/mol. The number of carbonyl (C=O) groups is 2. The quantitative estimate of drug-likeness (QED) is 0.199. The summed E-state index contributed by atoms with van der Waals surface area (Å²) in [7, 11) is 2.20. The Morgan fingerprint density at radius 1 is 0.740 bits per heavy atom. The molecular weight excluding hydrogens is 700 g/mol. The molecule has 15 nitrogen and oxygen atoms in total. The van der Waals surface area contributed by atoms with Gasteiger partial charge in [-0.3, -0.25) is 14.0 Å². The second-order valence-electron chi connectivity index (χ2n) is 12.1. The first-order valence-electron chi connectivity index (χ1n) is 15.8. The van der Waals surface area contributed by atoms with Crippen LogP contribution < -0.4 is 0 Å². The highest BCUT2D eigenvalue weighted by atomic mass is 35.5. The topological polar surface area (TPSA) is 158 Å². The number of halogens is 1. The van der Waals surface area contributed by atoms with Crippen LogP contribution in [0.15, 0.2) is 60.7 Å². The predicted octanol–water partition coefficient (Wildman–Crippen LogP) is 2.74. The maximum atomic E-state index is 12.7. The standard InChI is InChI=1S/C17H23NO8S.C16H20ClNO5/c1-22-17(23-2)11-25-14-13(26-27(3,20)21)9-18(15(14)17)16(19)24-10-12-7-5-4-6-8-12;1-20-16(21-2)10-23-13-12(17)8-18(14(13)16)15(19)22-9-11-6-4-3-5-7-11/h4-8,13-15H,9-11H2,1-3H3;3-7,12-14H,8-10H2,1-2H3/t13-,14-,15+;12-,13+,14-/m10/s1. The number of ether oxygens (including phenoxy) is 8. The van der Waals surface area contributed by atoms with Crippen LogP contribution in [0.1, 0.15) is 11.1 Å². The molecule has 4 saturated heterocycles. The molecule has 4 heterocycles. The van der Waals surface area contributed by atoms with Gasteiger partial charge in [0.2, 0.25) is 11.6 Å². The summed E-state index contributed by atoms with van der Waals surface area (Å²) in [5.74, 6) is -2.24. The van der Waals surface area contributed by atoms with Crippen LogP contribution in [0.5, 0.6) is 0 Å². The third kappa shape index (κ3) is 8.03. The van der Waals surface area contributed by atoms with E-state index >= 15 is 0 Å². The molecule has 276 valence electrons. The minimum absolute atomic E-state index is 0.0233. The first-order valence-corrected chi connectivity index (χ1v) is 18.1. The molecule has 0 aromatic heterocycles. The molecule has 6 rings (SSSR count). The number of benzene rings is 2. The fourth-order valence-corrected chi connectivity index (χ4v) is 7.69. The number of methoxy groups -OCH3 is 4. The fourth-order valence-electron chi connectivity index (χ4n) is 6.71. The third-order valence-corrected chi connectivity index (χ3v) is 10.2. The lowest BCUT2D eigenvalue weighted by Crippen LogP contribution is -2.55. The lowest BCUT2D eigenvalue weighted by Gasteiger charge is -2.35. The summed E-state index contributed by atoms with van der Waals surface area (Å²) in [6.45, 7) is 0.846. The van der Waals surface area contributed by atoms with Gasteiger partial charge >= 0.3 is 12.2 Å². The number of likely N-dealkylation sites (tertiary alicyclic amines) is 2. The van der Waals surface area contributed by atoms with E-state index in [1.54, 1.807) is 4.90 Å². The van der Waals surface area contributed by atoms with Crippen molar-refractivity contribution in [3.8, 4) is 0 Å². The molecule has 0 radical (unpaired) electrons. The molecule has 4 aliphatic heterocycles. The second-order valence-corrected chi connectivity index (χ2v) is 14.3. The summed E-state index contributed by atoms with van der Waals surface area (Å²) in [6.07, 6.45) is -2.05. The smallest absolute Gasteiger partial charge is 0.410 e. The Hall–Kier alpha value is -3.06. The van der Waals surface area contributed by atoms with Crippen LogP contribution in [0.3, 0.4) is 0 Å². The van der Waals surface area contributed by atoms with E-state index < -0.39 is 58.2 Å². The second kappa shape index (κ2) is 16.1. The minimum Gasteiger partial charge on any atom is -0.445 e. The Labute approximate surface area is 296 Å². The maximum Gasteiger partial charge on any atom is 0.410 e. The van der Waals surface area contributed by atoms with Crippen molar-refractivity contribution in [3.63, 3.8) is 0 Å². The zero-order chi connectivity index (χ0) is 36.1. The molecule has 0 N–H and O–H groups in total. The van der Waals surface area contributed by atoms with E-state index in [1.807, 2.05) is 60.7 Å². The van der Waals surface area contributed by atoms with Gasteiger partial charge in [-0.05, 0) is 11.1 Å². The van der Waals surface area contributed by atoms with Crippen LogP contribution in [0.2, 0.25) is 0 Å². The highest BCUT2D eigenvalue weighted by Gasteiger charge is 2.63. The fraction of sp³-hybridized carbons (Fsp3) is 0.576. The Bertz CT molecular complexity index is 1550. The summed E-state index contributed by atoms with van der Waals surface area (Å²) in [4.78, 5) is 28.1. The number of amides is 2. The molecule has 0 bridgehead atoms. The molecule has 50 heavy (non-hydrogen) atoms. The lowest BCUT2D eigenvalue weighted by atomic mass is 10.1. The van der Waals surface area contributed by atoms with Gasteiger partial charge < -0.3 is 37.9 Å². The van der Waals surface area contributed by atoms with E-state index in [4.69, 9.17) is 53.7 Å². The van der Waals surface area contributed by atoms with Crippen LogP contribution in [-0.4, -0.2) is 139 Å². The summed E-state index contributed by atoms with van der Waals surface area (Å²) >= 11 is 6.32. The first kappa shape index (κ1) is 38.2. The number of hydrogen-bond donors (Lipinski definition) is 0. The van der Waals surface area contributed by atoms with Crippen molar-refractivity contribution in [2.24, 2.45) is 0 Å². The van der Waals surface area contributed by atoms with Gasteiger partial charge in [0.1, 0.15) is 56.8 Å². The number of nitrogens with zero attached hydrogens (tertiary/aromatic N) is 2. The number of fused-ring (bicyclic) bond motifs is 2. The van der Waals surface area contributed by atoms with E-state index in [1.165, 1.54) is 33.3 Å². The minimum atomic E-state index is -3.74. The van der Waals surface area contributed by atoms with E-state index in [-0.39, 0.29) is 44.5 Å².